The van der Waals surface area contributed by atoms with Gasteiger partial charge >= 0.3 is 0 Å². The molecular weight excluding hydrogens is 446 g/mol. The van der Waals surface area contributed by atoms with Gasteiger partial charge in [0.15, 0.2) is 0 Å². The van der Waals surface area contributed by atoms with Crippen LogP contribution in [0.1, 0.15) is 102 Å². The Bertz CT molecular complexity index is 1190. The van der Waals surface area contributed by atoms with E-state index in [-0.39, 0.29) is 18.0 Å². The lowest BCUT2D eigenvalue weighted by molar-refractivity contribution is -0.134. The number of nitrogens with zero attached hydrogens (tertiary/aromatic N) is 3. The van der Waals surface area contributed by atoms with E-state index in [2.05, 4.69) is 64.9 Å². The smallest absolute Gasteiger partial charge is 0.223 e. The lowest BCUT2D eigenvalue weighted by Gasteiger charge is -2.53. The molecule has 190 valence electrons. The molecule has 1 aliphatic heterocycles. The van der Waals surface area contributed by atoms with E-state index < -0.39 is 0 Å². The van der Waals surface area contributed by atoms with Gasteiger partial charge in [-0.1, -0.05) is 38.1 Å². The number of rotatable bonds is 6. The van der Waals surface area contributed by atoms with E-state index >= 15 is 0 Å². The topological polar surface area (TPSA) is 77.7 Å². The van der Waals surface area contributed by atoms with Gasteiger partial charge in [-0.25, -0.2) is 9.97 Å². The van der Waals surface area contributed by atoms with Crippen molar-refractivity contribution >= 4 is 5.91 Å². The Morgan fingerprint density at radius 2 is 1.72 bits per heavy atom. The molecule has 36 heavy (non-hydrogen) atoms. The molecule has 0 radical (unpaired) electrons. The van der Waals surface area contributed by atoms with Crippen molar-refractivity contribution in [2.24, 2.45) is 5.92 Å². The fourth-order valence-corrected chi connectivity index (χ4v) is 7.43. The standard InChI is InChI=1S/C30H39N5O/c1-4-5-27(36)35-21(3)20(2)16-25(35)28-32-17-24(34-28)22-6-8-23(9-7-22)29-10-13-30(14-11-29,15-12-29)26-18-31-19-33-26/h6-9,17-21,25H,4-5,10-16H2,1-3H3,(H,31,33)(H,32,34)/t20-,21?,25+,29?,30?/m1/s1. The van der Waals surface area contributed by atoms with E-state index in [4.69, 9.17) is 4.98 Å². The maximum absolute atomic E-state index is 12.9. The van der Waals surface area contributed by atoms with E-state index in [1.54, 1.807) is 0 Å². The summed E-state index contributed by atoms with van der Waals surface area (Å²) in [7, 11) is 0. The maximum Gasteiger partial charge on any atom is 0.223 e. The van der Waals surface area contributed by atoms with Crippen molar-refractivity contribution in [3.63, 3.8) is 0 Å². The zero-order chi connectivity index (χ0) is 24.9. The second kappa shape index (κ2) is 8.89. The summed E-state index contributed by atoms with van der Waals surface area (Å²) in [5, 5.41) is 0. The molecule has 3 aliphatic carbocycles. The maximum atomic E-state index is 12.9. The van der Waals surface area contributed by atoms with Crippen molar-refractivity contribution < 1.29 is 4.79 Å². The van der Waals surface area contributed by atoms with E-state index in [1.807, 2.05) is 18.7 Å². The van der Waals surface area contributed by atoms with Gasteiger partial charge in [0, 0.05) is 29.8 Å². The molecule has 2 N–H and O–H groups in total. The van der Waals surface area contributed by atoms with Crippen LogP contribution in [0.25, 0.3) is 11.3 Å². The SMILES string of the molecule is CCCC(=O)N1C(C)[C@H](C)C[C@H]1c1ncc(-c2ccc(C34CCC(c5cnc[nH]5)(CC3)CC4)cc2)[nH]1. The van der Waals surface area contributed by atoms with E-state index in [9.17, 15) is 4.79 Å². The van der Waals surface area contributed by atoms with Gasteiger partial charge in [-0.05, 0) is 80.8 Å². The first kappa shape index (κ1) is 23.5. The van der Waals surface area contributed by atoms with Crippen LogP contribution in [-0.2, 0) is 15.6 Å². The van der Waals surface area contributed by atoms with Crippen LogP contribution in [0.3, 0.4) is 0 Å². The summed E-state index contributed by atoms with van der Waals surface area (Å²) < 4.78 is 0. The Morgan fingerprint density at radius 3 is 2.36 bits per heavy atom. The number of benzene rings is 1. The number of fused-ring (bicyclic) bond motifs is 3. The Kier molecular flexibility index (Phi) is 5.81. The molecule has 2 aromatic heterocycles. The molecule has 3 heterocycles. The molecule has 4 aliphatic rings. The molecule has 6 heteroatoms. The highest BCUT2D eigenvalue weighted by Gasteiger charge is 2.50. The zero-order valence-electron chi connectivity index (χ0n) is 21.9. The molecule has 1 amide bonds. The number of imidazole rings is 2. The van der Waals surface area contributed by atoms with Gasteiger partial charge in [0.2, 0.25) is 5.91 Å². The van der Waals surface area contributed by atoms with Crippen molar-refractivity contribution in [1.29, 1.82) is 0 Å². The summed E-state index contributed by atoms with van der Waals surface area (Å²) in [5.41, 5.74) is 5.65. The summed E-state index contributed by atoms with van der Waals surface area (Å²) in [6, 6.07) is 9.50. The van der Waals surface area contributed by atoms with Crippen LogP contribution in [0.4, 0.5) is 0 Å². The number of hydrogen-bond donors (Lipinski definition) is 2. The minimum atomic E-state index is 0.0422. The van der Waals surface area contributed by atoms with Crippen LogP contribution < -0.4 is 0 Å². The summed E-state index contributed by atoms with van der Waals surface area (Å²) in [6.07, 6.45) is 15.7. The highest BCUT2D eigenvalue weighted by atomic mass is 16.2. The Balaban J connectivity index is 1.19. The summed E-state index contributed by atoms with van der Waals surface area (Å²) in [5.74, 6) is 1.64. The third kappa shape index (κ3) is 3.72. The number of amides is 1. The van der Waals surface area contributed by atoms with Gasteiger partial charge in [0.25, 0.3) is 0 Å². The van der Waals surface area contributed by atoms with Gasteiger partial charge in [-0.3, -0.25) is 4.79 Å². The Morgan fingerprint density at radius 1 is 1.03 bits per heavy atom. The number of hydrogen-bond acceptors (Lipinski definition) is 3. The average molecular weight is 486 g/mol. The van der Waals surface area contributed by atoms with Crippen LogP contribution in [0, 0.1) is 5.92 Å². The summed E-state index contributed by atoms with van der Waals surface area (Å²) >= 11 is 0. The number of H-pyrrole nitrogens is 2. The molecule has 2 bridgehead atoms. The fraction of sp³-hybridized carbons (Fsp3) is 0.567. The largest absolute Gasteiger partial charge is 0.348 e. The van der Waals surface area contributed by atoms with E-state index in [1.165, 1.54) is 49.8 Å². The van der Waals surface area contributed by atoms with Gasteiger partial charge in [0.1, 0.15) is 5.82 Å². The number of carbonyl (C=O) groups is 1. The monoisotopic (exact) mass is 485 g/mol. The lowest BCUT2D eigenvalue weighted by Crippen LogP contribution is -2.46. The number of aromatic amines is 2. The summed E-state index contributed by atoms with van der Waals surface area (Å²) in [4.78, 5) is 31.0. The minimum absolute atomic E-state index is 0.0422. The van der Waals surface area contributed by atoms with Crippen molar-refractivity contribution in [3.8, 4) is 11.3 Å². The third-order valence-corrected chi connectivity index (χ3v) is 9.98. The number of aromatic nitrogens is 4. The second-order valence-corrected chi connectivity index (χ2v) is 11.8. The highest BCUT2D eigenvalue weighted by Crippen LogP contribution is 2.58. The van der Waals surface area contributed by atoms with E-state index in [0.717, 1.165) is 29.9 Å². The average Bonchev–Trinajstić information content (AvgIpc) is 3.67. The highest BCUT2D eigenvalue weighted by molar-refractivity contribution is 5.77. The van der Waals surface area contributed by atoms with Crippen molar-refractivity contribution in [1.82, 2.24) is 24.8 Å². The first-order valence-corrected chi connectivity index (χ1v) is 13.9. The Labute approximate surface area is 214 Å². The third-order valence-electron chi connectivity index (χ3n) is 9.98. The molecule has 3 atom stereocenters. The number of nitrogens with one attached hydrogen (secondary N) is 2. The van der Waals surface area contributed by atoms with Crippen molar-refractivity contribution in [2.45, 2.75) is 101 Å². The van der Waals surface area contributed by atoms with Crippen LogP contribution in [0.2, 0.25) is 0 Å². The van der Waals surface area contributed by atoms with Crippen LogP contribution >= 0.6 is 0 Å². The van der Waals surface area contributed by atoms with Gasteiger partial charge in [-0.2, -0.15) is 0 Å². The van der Waals surface area contributed by atoms with Gasteiger partial charge < -0.3 is 14.9 Å². The number of likely N-dealkylation sites (tertiary alicyclic amines) is 1. The summed E-state index contributed by atoms with van der Waals surface area (Å²) in [6.45, 7) is 6.49. The second-order valence-electron chi connectivity index (χ2n) is 11.8. The molecule has 6 nitrogen and oxygen atoms in total. The zero-order valence-corrected chi connectivity index (χ0v) is 21.9. The van der Waals surface area contributed by atoms with Crippen molar-refractivity contribution in [3.05, 3.63) is 60.1 Å². The van der Waals surface area contributed by atoms with Crippen molar-refractivity contribution in [2.75, 3.05) is 0 Å². The molecule has 4 fully saturated rings. The normalized spacial score (nSPS) is 31.8. The fourth-order valence-electron chi connectivity index (χ4n) is 7.43. The predicted octanol–water partition coefficient (Wildman–Crippen LogP) is 6.44. The quantitative estimate of drug-likeness (QED) is 0.422. The van der Waals surface area contributed by atoms with Gasteiger partial charge in [0.05, 0.1) is 24.3 Å². The molecule has 0 spiro atoms. The molecule has 3 saturated carbocycles. The van der Waals surface area contributed by atoms with Crippen LogP contribution in [-0.4, -0.2) is 36.8 Å². The molecule has 1 aromatic carbocycles. The van der Waals surface area contributed by atoms with E-state index in [0.29, 0.717) is 23.2 Å². The first-order valence-electron chi connectivity index (χ1n) is 13.9. The first-order chi connectivity index (χ1) is 17.4. The molecule has 1 saturated heterocycles. The predicted molar refractivity (Wildman–Crippen MR) is 141 cm³/mol. The van der Waals surface area contributed by atoms with Crippen LogP contribution in [0.15, 0.2) is 43.0 Å². The Hall–Kier alpha value is -2.89. The molecule has 1 unspecified atom stereocenters. The minimum Gasteiger partial charge on any atom is -0.348 e. The molecular formula is C30H39N5O. The van der Waals surface area contributed by atoms with Gasteiger partial charge in [-0.15, -0.1) is 0 Å². The number of carbonyl (C=O) groups excluding carboxylic acids is 1. The van der Waals surface area contributed by atoms with Crippen LogP contribution in [0.5, 0.6) is 0 Å². The molecule has 7 rings (SSSR count). The molecule has 3 aromatic rings. The lowest BCUT2D eigenvalue weighted by atomic mass is 9.51.